The van der Waals surface area contributed by atoms with Crippen LogP contribution in [0.4, 0.5) is 0 Å². The first-order valence-electron chi connectivity index (χ1n) is 6.29. The summed E-state index contributed by atoms with van der Waals surface area (Å²) < 4.78 is 4.13. The SMILES string of the molecule is CCNC(Cc1ccsc1)c1snnc1C(C)C. The van der Waals surface area contributed by atoms with Gasteiger partial charge >= 0.3 is 0 Å². The topological polar surface area (TPSA) is 37.8 Å². The van der Waals surface area contributed by atoms with Gasteiger partial charge in [-0.2, -0.15) is 11.3 Å². The lowest BCUT2D eigenvalue weighted by Gasteiger charge is -2.17. The fourth-order valence-electron chi connectivity index (χ4n) is 2.00. The summed E-state index contributed by atoms with van der Waals surface area (Å²) in [5, 5.41) is 12.2. The number of rotatable bonds is 6. The van der Waals surface area contributed by atoms with Crippen molar-refractivity contribution in [1.29, 1.82) is 0 Å². The van der Waals surface area contributed by atoms with E-state index in [1.165, 1.54) is 22.0 Å². The minimum atomic E-state index is 0.335. The van der Waals surface area contributed by atoms with Crippen LogP contribution in [0, 0.1) is 0 Å². The summed E-state index contributed by atoms with van der Waals surface area (Å²) in [6, 6.07) is 2.53. The van der Waals surface area contributed by atoms with E-state index in [0.29, 0.717) is 12.0 Å². The monoisotopic (exact) mass is 281 g/mol. The van der Waals surface area contributed by atoms with E-state index in [1.807, 2.05) is 0 Å². The highest BCUT2D eigenvalue weighted by Gasteiger charge is 2.20. The average Bonchev–Trinajstić information content (AvgIpc) is 2.99. The van der Waals surface area contributed by atoms with Crippen LogP contribution in [0.2, 0.25) is 0 Å². The van der Waals surface area contributed by atoms with E-state index in [1.54, 1.807) is 11.3 Å². The Kier molecular flexibility index (Phi) is 4.86. The third kappa shape index (κ3) is 3.16. The number of hydrogen-bond donors (Lipinski definition) is 1. The van der Waals surface area contributed by atoms with Gasteiger partial charge in [0.25, 0.3) is 0 Å². The quantitative estimate of drug-likeness (QED) is 0.879. The molecule has 0 radical (unpaired) electrons. The number of likely N-dealkylation sites (N-methyl/N-ethyl adjacent to an activating group) is 1. The number of hydrogen-bond acceptors (Lipinski definition) is 5. The summed E-state index contributed by atoms with van der Waals surface area (Å²) in [7, 11) is 0. The molecule has 2 aromatic rings. The summed E-state index contributed by atoms with van der Waals surface area (Å²) >= 11 is 3.28. The molecule has 1 N–H and O–H groups in total. The van der Waals surface area contributed by atoms with Crippen LogP contribution in [0.15, 0.2) is 16.8 Å². The summed E-state index contributed by atoms with van der Waals surface area (Å²) in [6.07, 6.45) is 1.01. The first-order valence-corrected chi connectivity index (χ1v) is 8.00. The normalized spacial score (nSPS) is 13.1. The number of aromatic nitrogens is 2. The molecule has 5 heteroatoms. The first kappa shape index (κ1) is 13.6. The minimum Gasteiger partial charge on any atom is -0.309 e. The highest BCUT2D eigenvalue weighted by Crippen LogP contribution is 2.28. The molecule has 2 aromatic heterocycles. The van der Waals surface area contributed by atoms with Crippen LogP contribution in [-0.4, -0.2) is 16.1 Å². The lowest BCUT2D eigenvalue weighted by atomic mass is 10.0. The first-order chi connectivity index (χ1) is 8.72. The third-order valence-electron chi connectivity index (χ3n) is 2.87. The number of nitrogens with one attached hydrogen (secondary N) is 1. The highest BCUT2D eigenvalue weighted by molar-refractivity contribution is 7.08. The van der Waals surface area contributed by atoms with Gasteiger partial charge in [0.2, 0.25) is 0 Å². The number of nitrogens with zero attached hydrogens (tertiary/aromatic N) is 2. The molecule has 0 aromatic carbocycles. The predicted octanol–water partition coefficient (Wildman–Crippen LogP) is 3.62. The van der Waals surface area contributed by atoms with Gasteiger partial charge in [-0.25, -0.2) is 0 Å². The van der Waals surface area contributed by atoms with Crippen molar-refractivity contribution >= 4 is 22.9 Å². The molecule has 3 nitrogen and oxygen atoms in total. The predicted molar refractivity (Wildman–Crippen MR) is 78.4 cm³/mol. The van der Waals surface area contributed by atoms with Crippen molar-refractivity contribution in [1.82, 2.24) is 14.9 Å². The average molecular weight is 281 g/mol. The molecule has 2 heterocycles. The maximum Gasteiger partial charge on any atom is 0.0829 e. The molecule has 2 rings (SSSR count). The molecule has 0 spiro atoms. The van der Waals surface area contributed by atoms with E-state index >= 15 is 0 Å². The van der Waals surface area contributed by atoms with Crippen LogP contribution in [0.3, 0.4) is 0 Å². The molecule has 0 fully saturated rings. The Labute approximate surface area is 116 Å². The molecular weight excluding hydrogens is 262 g/mol. The summed E-state index contributed by atoms with van der Waals surface area (Å²) in [5.41, 5.74) is 2.52. The molecule has 0 aliphatic heterocycles. The molecule has 0 saturated carbocycles. The van der Waals surface area contributed by atoms with Crippen LogP contribution in [-0.2, 0) is 6.42 Å². The van der Waals surface area contributed by atoms with Crippen molar-refractivity contribution in [2.75, 3.05) is 6.54 Å². The smallest absolute Gasteiger partial charge is 0.0829 e. The van der Waals surface area contributed by atoms with Crippen LogP contribution in [0.25, 0.3) is 0 Å². The van der Waals surface area contributed by atoms with E-state index in [9.17, 15) is 0 Å². The second-order valence-corrected chi connectivity index (χ2v) is 6.19. The van der Waals surface area contributed by atoms with Crippen LogP contribution in [0.5, 0.6) is 0 Å². The Morgan fingerprint density at radius 2 is 2.22 bits per heavy atom. The van der Waals surface area contributed by atoms with Gasteiger partial charge in [-0.1, -0.05) is 25.3 Å². The molecule has 18 heavy (non-hydrogen) atoms. The highest BCUT2D eigenvalue weighted by atomic mass is 32.1. The second-order valence-electron chi connectivity index (χ2n) is 4.62. The molecule has 0 aliphatic carbocycles. The van der Waals surface area contributed by atoms with Crippen molar-refractivity contribution < 1.29 is 0 Å². The fourth-order valence-corrected chi connectivity index (χ4v) is 3.56. The summed E-state index contributed by atoms with van der Waals surface area (Å²) in [5.74, 6) is 0.433. The molecule has 0 saturated heterocycles. The zero-order valence-electron chi connectivity index (χ0n) is 11.0. The van der Waals surface area contributed by atoms with Crippen LogP contribution >= 0.6 is 22.9 Å². The lowest BCUT2D eigenvalue weighted by molar-refractivity contribution is 0.550. The van der Waals surface area contributed by atoms with E-state index in [4.69, 9.17) is 0 Å². The molecule has 98 valence electrons. The Hall–Kier alpha value is -0.780. The van der Waals surface area contributed by atoms with E-state index in [2.05, 4.69) is 52.5 Å². The van der Waals surface area contributed by atoms with E-state index in [-0.39, 0.29) is 0 Å². The largest absolute Gasteiger partial charge is 0.309 e. The van der Waals surface area contributed by atoms with Crippen molar-refractivity contribution in [2.24, 2.45) is 0 Å². The van der Waals surface area contributed by atoms with Gasteiger partial charge in [0.15, 0.2) is 0 Å². The van der Waals surface area contributed by atoms with E-state index < -0.39 is 0 Å². The molecule has 1 unspecified atom stereocenters. The lowest BCUT2D eigenvalue weighted by Crippen LogP contribution is -2.23. The van der Waals surface area contributed by atoms with E-state index in [0.717, 1.165) is 18.7 Å². The Bertz CT molecular complexity index is 462. The maximum absolute atomic E-state index is 4.28. The standard InChI is InChI=1S/C13H19N3S2/c1-4-14-11(7-10-5-6-17-8-10)13-12(9(2)3)15-16-18-13/h5-6,8-9,11,14H,4,7H2,1-3H3. The molecule has 0 amide bonds. The van der Waals surface area contributed by atoms with Crippen molar-refractivity contribution in [3.8, 4) is 0 Å². The Morgan fingerprint density at radius 1 is 1.39 bits per heavy atom. The van der Waals surface area contributed by atoms with Crippen molar-refractivity contribution in [3.63, 3.8) is 0 Å². The molecular formula is C13H19N3S2. The fraction of sp³-hybridized carbons (Fsp3) is 0.538. The summed E-state index contributed by atoms with van der Waals surface area (Å²) in [4.78, 5) is 1.29. The Balaban J connectivity index is 2.21. The van der Waals surface area contributed by atoms with Gasteiger partial charge in [0, 0.05) is 6.04 Å². The van der Waals surface area contributed by atoms with Gasteiger partial charge in [0.1, 0.15) is 0 Å². The van der Waals surface area contributed by atoms with Crippen LogP contribution in [0.1, 0.15) is 48.9 Å². The van der Waals surface area contributed by atoms with Gasteiger partial charge in [-0.15, -0.1) is 5.10 Å². The maximum atomic E-state index is 4.28. The summed E-state index contributed by atoms with van der Waals surface area (Å²) in [6.45, 7) is 7.45. The van der Waals surface area contributed by atoms with Gasteiger partial charge in [-0.3, -0.25) is 0 Å². The van der Waals surface area contributed by atoms with Crippen LogP contribution < -0.4 is 5.32 Å². The third-order valence-corrected chi connectivity index (χ3v) is 4.46. The van der Waals surface area contributed by atoms with Gasteiger partial charge < -0.3 is 5.32 Å². The zero-order chi connectivity index (χ0) is 13.0. The molecule has 0 aliphatic rings. The number of thiophene rings is 1. The van der Waals surface area contributed by atoms with Gasteiger partial charge in [0.05, 0.1) is 10.6 Å². The molecule has 0 bridgehead atoms. The van der Waals surface area contributed by atoms with Crippen molar-refractivity contribution in [3.05, 3.63) is 33.0 Å². The second kappa shape index (κ2) is 6.41. The minimum absolute atomic E-state index is 0.335. The molecule has 1 atom stereocenters. The zero-order valence-corrected chi connectivity index (χ0v) is 12.6. The van der Waals surface area contributed by atoms with Gasteiger partial charge in [-0.05, 0) is 52.8 Å². The van der Waals surface area contributed by atoms with Crippen molar-refractivity contribution in [2.45, 2.75) is 39.2 Å². The Morgan fingerprint density at radius 3 is 2.83 bits per heavy atom.